The minimum Gasteiger partial charge on any atom is -0.491 e. The van der Waals surface area contributed by atoms with Crippen LogP contribution in [0, 0.1) is 23.5 Å². The van der Waals surface area contributed by atoms with Gasteiger partial charge in [-0.15, -0.1) is 0 Å². The van der Waals surface area contributed by atoms with Crippen LogP contribution in [0.2, 0.25) is 0 Å². The maximum absolute atomic E-state index is 14.5. The third kappa shape index (κ3) is 5.06. The van der Waals surface area contributed by atoms with Crippen molar-refractivity contribution >= 4 is 5.57 Å². The molecule has 0 N–H and O–H groups in total. The van der Waals surface area contributed by atoms with Crippen molar-refractivity contribution in [3.8, 4) is 16.9 Å². The molecular formula is C28H34F2O2. The van der Waals surface area contributed by atoms with Gasteiger partial charge in [-0.05, 0) is 66.9 Å². The molecule has 1 aliphatic carbocycles. The Morgan fingerprint density at radius 1 is 0.906 bits per heavy atom. The normalized spacial score (nSPS) is 23.6. The van der Waals surface area contributed by atoms with Crippen LogP contribution in [0.1, 0.15) is 64.4 Å². The Kier molecular flexibility index (Phi) is 7.62. The fraction of sp³-hybridized carbons (Fsp3) is 0.500. The number of benzene rings is 2. The SMILES string of the molecule is CCCC1CCC(C2CC=C(c3ccc(-c4ccc(OCC)c(F)c4F)cc3)CO2)CC1. The van der Waals surface area contributed by atoms with E-state index < -0.39 is 11.6 Å². The van der Waals surface area contributed by atoms with Crippen LogP contribution in [0.15, 0.2) is 42.5 Å². The van der Waals surface area contributed by atoms with E-state index in [4.69, 9.17) is 9.47 Å². The quantitative estimate of drug-likeness (QED) is 0.437. The summed E-state index contributed by atoms with van der Waals surface area (Å²) in [6.45, 7) is 4.93. The summed E-state index contributed by atoms with van der Waals surface area (Å²) in [4.78, 5) is 0. The maximum Gasteiger partial charge on any atom is 0.201 e. The molecule has 4 heteroatoms. The van der Waals surface area contributed by atoms with Gasteiger partial charge in [0.05, 0.1) is 19.3 Å². The highest BCUT2D eigenvalue weighted by Gasteiger charge is 2.29. The van der Waals surface area contributed by atoms with Crippen molar-refractivity contribution in [3.05, 3.63) is 59.7 Å². The first kappa shape index (κ1) is 23.0. The standard InChI is InChI=1S/C28H34F2O2/c1-3-5-19-6-8-22(9-7-19)25-16-14-23(18-32-25)20-10-12-21(13-11-20)24-15-17-26(31-4-2)28(30)27(24)29/h10-15,17,19,22,25H,3-9,16,18H2,1-2H3. The Labute approximate surface area is 190 Å². The number of hydrogen-bond acceptors (Lipinski definition) is 2. The Balaban J connectivity index is 1.39. The van der Waals surface area contributed by atoms with Gasteiger partial charge in [0.15, 0.2) is 11.6 Å². The zero-order valence-electron chi connectivity index (χ0n) is 19.2. The molecule has 0 bridgehead atoms. The summed E-state index contributed by atoms with van der Waals surface area (Å²) in [7, 11) is 0. The van der Waals surface area contributed by atoms with E-state index in [1.165, 1.54) is 50.2 Å². The van der Waals surface area contributed by atoms with Gasteiger partial charge in [0.25, 0.3) is 0 Å². The fourth-order valence-corrected chi connectivity index (χ4v) is 5.25. The summed E-state index contributed by atoms with van der Waals surface area (Å²) in [6, 6.07) is 10.7. The molecule has 2 aromatic rings. The molecule has 0 aromatic heterocycles. The van der Waals surface area contributed by atoms with Crippen molar-refractivity contribution in [3.63, 3.8) is 0 Å². The molecule has 1 atom stereocenters. The summed E-state index contributed by atoms with van der Waals surface area (Å²) < 4.78 is 40.2. The fourth-order valence-electron chi connectivity index (χ4n) is 5.25. The van der Waals surface area contributed by atoms with Crippen LogP contribution in [0.5, 0.6) is 5.75 Å². The first-order valence-corrected chi connectivity index (χ1v) is 12.1. The lowest BCUT2D eigenvalue weighted by Crippen LogP contribution is -2.30. The molecule has 2 aliphatic rings. The van der Waals surface area contributed by atoms with Gasteiger partial charge < -0.3 is 9.47 Å². The van der Waals surface area contributed by atoms with Crippen LogP contribution in [0.4, 0.5) is 8.78 Å². The molecule has 1 unspecified atom stereocenters. The van der Waals surface area contributed by atoms with Crippen molar-refractivity contribution in [1.82, 2.24) is 0 Å². The Bertz CT molecular complexity index is 927. The van der Waals surface area contributed by atoms with Gasteiger partial charge in [0.1, 0.15) is 0 Å². The van der Waals surface area contributed by atoms with Crippen molar-refractivity contribution < 1.29 is 18.3 Å². The van der Waals surface area contributed by atoms with Crippen LogP contribution in [0.25, 0.3) is 16.7 Å². The van der Waals surface area contributed by atoms with Gasteiger partial charge >= 0.3 is 0 Å². The minimum atomic E-state index is -0.938. The van der Waals surface area contributed by atoms with Gasteiger partial charge in [-0.3, -0.25) is 0 Å². The van der Waals surface area contributed by atoms with Crippen LogP contribution in [-0.4, -0.2) is 19.3 Å². The molecule has 0 saturated heterocycles. The van der Waals surface area contributed by atoms with E-state index in [1.54, 1.807) is 13.0 Å². The zero-order valence-corrected chi connectivity index (χ0v) is 19.2. The number of halogens is 2. The highest BCUT2D eigenvalue weighted by molar-refractivity contribution is 5.72. The monoisotopic (exact) mass is 440 g/mol. The van der Waals surface area contributed by atoms with Crippen LogP contribution < -0.4 is 4.74 Å². The minimum absolute atomic E-state index is 0.0525. The van der Waals surface area contributed by atoms with E-state index in [-0.39, 0.29) is 11.3 Å². The van der Waals surface area contributed by atoms with Crippen molar-refractivity contribution in [2.45, 2.75) is 64.9 Å². The Morgan fingerprint density at radius 3 is 2.25 bits per heavy atom. The van der Waals surface area contributed by atoms with Gasteiger partial charge in [-0.1, -0.05) is 62.9 Å². The molecule has 0 spiro atoms. The predicted octanol–water partition coefficient (Wildman–Crippen LogP) is 7.81. The van der Waals surface area contributed by atoms with Crippen LogP contribution in [0.3, 0.4) is 0 Å². The molecular weight excluding hydrogens is 406 g/mol. The highest BCUT2D eigenvalue weighted by atomic mass is 19.2. The predicted molar refractivity (Wildman–Crippen MR) is 126 cm³/mol. The average molecular weight is 441 g/mol. The van der Waals surface area contributed by atoms with Crippen LogP contribution >= 0.6 is 0 Å². The molecule has 1 heterocycles. The number of hydrogen-bond donors (Lipinski definition) is 0. The third-order valence-electron chi connectivity index (χ3n) is 7.08. The van der Waals surface area contributed by atoms with Crippen molar-refractivity contribution in [2.24, 2.45) is 11.8 Å². The molecule has 172 valence electrons. The molecule has 1 fully saturated rings. The number of ether oxygens (including phenoxy) is 2. The zero-order chi connectivity index (χ0) is 22.5. The molecule has 1 aliphatic heterocycles. The van der Waals surface area contributed by atoms with Gasteiger partial charge in [-0.2, -0.15) is 4.39 Å². The van der Waals surface area contributed by atoms with Gasteiger partial charge in [-0.25, -0.2) is 4.39 Å². The summed E-state index contributed by atoms with van der Waals surface area (Å²) in [5, 5.41) is 0. The second-order valence-corrected chi connectivity index (χ2v) is 9.13. The maximum atomic E-state index is 14.5. The lowest BCUT2D eigenvalue weighted by molar-refractivity contribution is 0.00868. The Hall–Kier alpha value is -2.20. The molecule has 2 nitrogen and oxygen atoms in total. The Morgan fingerprint density at radius 2 is 1.62 bits per heavy atom. The lowest BCUT2D eigenvalue weighted by atomic mass is 9.76. The topological polar surface area (TPSA) is 18.5 Å². The van der Waals surface area contributed by atoms with Crippen LogP contribution in [-0.2, 0) is 4.74 Å². The summed E-state index contributed by atoms with van der Waals surface area (Å²) in [6.07, 6.45) is 11.5. The largest absolute Gasteiger partial charge is 0.491 e. The second kappa shape index (κ2) is 10.6. The molecule has 0 radical (unpaired) electrons. The third-order valence-corrected chi connectivity index (χ3v) is 7.08. The highest BCUT2D eigenvalue weighted by Crippen LogP contribution is 2.37. The average Bonchev–Trinajstić information content (AvgIpc) is 2.83. The second-order valence-electron chi connectivity index (χ2n) is 9.13. The van der Waals surface area contributed by atoms with E-state index in [2.05, 4.69) is 13.0 Å². The van der Waals surface area contributed by atoms with E-state index in [1.807, 2.05) is 24.3 Å². The first-order chi connectivity index (χ1) is 15.6. The smallest absolute Gasteiger partial charge is 0.201 e. The van der Waals surface area contributed by atoms with E-state index in [9.17, 15) is 8.78 Å². The summed E-state index contributed by atoms with van der Waals surface area (Å²) >= 11 is 0. The van der Waals surface area contributed by atoms with E-state index >= 15 is 0 Å². The summed E-state index contributed by atoms with van der Waals surface area (Å²) in [5.74, 6) is -0.269. The first-order valence-electron chi connectivity index (χ1n) is 12.1. The van der Waals surface area contributed by atoms with Gasteiger partial charge in [0.2, 0.25) is 5.82 Å². The molecule has 0 amide bonds. The van der Waals surface area contributed by atoms with Gasteiger partial charge in [0, 0.05) is 5.56 Å². The molecule has 2 aromatic carbocycles. The molecule has 32 heavy (non-hydrogen) atoms. The molecule has 1 saturated carbocycles. The molecule has 4 rings (SSSR count). The number of rotatable bonds is 7. The van der Waals surface area contributed by atoms with Crippen molar-refractivity contribution in [2.75, 3.05) is 13.2 Å². The van der Waals surface area contributed by atoms with Crippen molar-refractivity contribution in [1.29, 1.82) is 0 Å². The van der Waals surface area contributed by atoms with E-state index in [0.29, 0.717) is 30.8 Å². The van der Waals surface area contributed by atoms with E-state index in [0.717, 1.165) is 17.9 Å². The summed E-state index contributed by atoms with van der Waals surface area (Å²) in [5.41, 5.74) is 3.13. The lowest BCUT2D eigenvalue weighted by Gasteiger charge is -2.35.